The number of pyridine rings is 1. The van der Waals surface area contributed by atoms with Crippen LogP contribution in [0.3, 0.4) is 0 Å². The van der Waals surface area contributed by atoms with E-state index in [1.807, 2.05) is 6.92 Å². The van der Waals surface area contributed by atoms with Crippen molar-refractivity contribution in [3.8, 4) is 17.6 Å². The zero-order chi connectivity index (χ0) is 20.9. The van der Waals surface area contributed by atoms with Crippen LogP contribution in [0.15, 0.2) is 71.8 Å². The fourth-order valence-corrected chi connectivity index (χ4v) is 3.51. The third kappa shape index (κ3) is 4.81. The molecule has 0 aliphatic heterocycles. The van der Waals surface area contributed by atoms with E-state index in [0.29, 0.717) is 16.8 Å². The number of aromatic nitrogens is 1. The van der Waals surface area contributed by atoms with Gasteiger partial charge in [-0.25, -0.2) is 0 Å². The Hall–Kier alpha value is -3.63. The van der Waals surface area contributed by atoms with Gasteiger partial charge in [-0.2, -0.15) is 13.7 Å². The highest BCUT2D eigenvalue weighted by atomic mass is 32.2. The zero-order valence-electron chi connectivity index (χ0n) is 15.9. The van der Waals surface area contributed by atoms with Gasteiger partial charge in [0, 0.05) is 6.20 Å². The average molecular weight is 406 g/mol. The largest absolute Gasteiger partial charge is 0.493 e. The van der Waals surface area contributed by atoms with Crippen LogP contribution in [0.1, 0.15) is 16.8 Å². The van der Waals surface area contributed by atoms with Crippen molar-refractivity contribution in [1.82, 2.24) is 4.98 Å². The fraction of sp³-hybridized carbons (Fsp3) is 0.0909. The van der Waals surface area contributed by atoms with Crippen LogP contribution in [-0.4, -0.2) is 20.5 Å². The lowest BCUT2D eigenvalue weighted by molar-refractivity contribution is 0.390. The van der Waals surface area contributed by atoms with Crippen LogP contribution in [-0.2, 0) is 10.1 Å². The van der Waals surface area contributed by atoms with E-state index in [0.717, 1.165) is 5.56 Å². The number of rotatable bonds is 6. The minimum Gasteiger partial charge on any atom is -0.493 e. The van der Waals surface area contributed by atoms with E-state index in [2.05, 4.69) is 11.1 Å². The van der Waals surface area contributed by atoms with E-state index in [1.54, 1.807) is 54.7 Å². The number of hydrogen-bond donors (Lipinski definition) is 0. The van der Waals surface area contributed by atoms with Crippen LogP contribution in [0, 0.1) is 18.3 Å². The van der Waals surface area contributed by atoms with E-state index in [4.69, 9.17) is 8.92 Å². The number of methoxy groups -OCH3 is 1. The molecule has 0 bridgehead atoms. The highest BCUT2D eigenvalue weighted by Crippen LogP contribution is 2.32. The molecule has 1 heterocycles. The summed E-state index contributed by atoms with van der Waals surface area (Å²) in [5.74, 6) is 0.286. The second-order valence-electron chi connectivity index (χ2n) is 6.15. The van der Waals surface area contributed by atoms with Gasteiger partial charge in [0.25, 0.3) is 0 Å². The normalized spacial score (nSPS) is 11.6. The van der Waals surface area contributed by atoms with Gasteiger partial charge >= 0.3 is 10.1 Å². The molecular formula is C22H18N2O4S. The predicted octanol–water partition coefficient (Wildman–Crippen LogP) is 4.23. The first-order chi connectivity index (χ1) is 13.9. The predicted molar refractivity (Wildman–Crippen MR) is 110 cm³/mol. The number of nitriles is 1. The molecule has 2 aromatic carbocycles. The lowest BCUT2D eigenvalue weighted by Crippen LogP contribution is -2.10. The molecule has 3 aromatic rings. The first-order valence-electron chi connectivity index (χ1n) is 8.65. The quantitative estimate of drug-likeness (QED) is 0.449. The second-order valence-corrected chi connectivity index (χ2v) is 7.69. The van der Waals surface area contributed by atoms with Crippen LogP contribution in [0.5, 0.6) is 11.5 Å². The van der Waals surface area contributed by atoms with Crippen LogP contribution < -0.4 is 8.92 Å². The molecule has 29 heavy (non-hydrogen) atoms. The summed E-state index contributed by atoms with van der Waals surface area (Å²) in [5.41, 5.74) is 2.49. The first-order valence-corrected chi connectivity index (χ1v) is 10.1. The van der Waals surface area contributed by atoms with Gasteiger partial charge in [0.2, 0.25) is 0 Å². The number of ether oxygens (including phenoxy) is 1. The number of nitrogens with zero attached hydrogens (tertiary/aromatic N) is 2. The van der Waals surface area contributed by atoms with Crippen molar-refractivity contribution in [2.45, 2.75) is 11.8 Å². The van der Waals surface area contributed by atoms with Crippen molar-refractivity contribution < 1.29 is 17.3 Å². The second kappa shape index (κ2) is 8.59. The Morgan fingerprint density at radius 1 is 1.07 bits per heavy atom. The molecule has 0 saturated carbocycles. The van der Waals surface area contributed by atoms with E-state index in [-0.39, 0.29) is 16.4 Å². The number of aryl methyl sites for hydroxylation is 1. The summed E-state index contributed by atoms with van der Waals surface area (Å²) in [5, 5.41) is 9.43. The van der Waals surface area contributed by atoms with Gasteiger partial charge in [-0.15, -0.1) is 0 Å². The molecular weight excluding hydrogens is 388 g/mol. The lowest BCUT2D eigenvalue weighted by atomic mass is 10.1. The van der Waals surface area contributed by atoms with E-state index >= 15 is 0 Å². The van der Waals surface area contributed by atoms with Crippen LogP contribution >= 0.6 is 0 Å². The Morgan fingerprint density at radius 2 is 1.83 bits per heavy atom. The summed E-state index contributed by atoms with van der Waals surface area (Å²) >= 11 is 0. The molecule has 0 unspecified atom stereocenters. The average Bonchev–Trinajstić information content (AvgIpc) is 2.73. The first kappa shape index (κ1) is 20.1. The van der Waals surface area contributed by atoms with E-state index in [1.165, 1.54) is 25.3 Å². The van der Waals surface area contributed by atoms with E-state index in [9.17, 15) is 13.7 Å². The Kier molecular flexibility index (Phi) is 5.96. The molecule has 0 aliphatic rings. The SMILES string of the molecule is COc1cc(/C=C(\C#N)c2ccccn2)ccc1OS(=O)(=O)c1ccc(C)cc1. The minimum atomic E-state index is -4.00. The summed E-state index contributed by atoms with van der Waals surface area (Å²) in [4.78, 5) is 4.22. The highest BCUT2D eigenvalue weighted by molar-refractivity contribution is 7.87. The van der Waals surface area contributed by atoms with Crippen molar-refractivity contribution in [3.63, 3.8) is 0 Å². The van der Waals surface area contributed by atoms with Gasteiger partial charge < -0.3 is 8.92 Å². The maximum Gasteiger partial charge on any atom is 0.339 e. The molecule has 0 amide bonds. The van der Waals surface area contributed by atoms with Crippen LogP contribution in [0.4, 0.5) is 0 Å². The maximum absolute atomic E-state index is 12.5. The van der Waals surface area contributed by atoms with E-state index < -0.39 is 10.1 Å². The molecule has 0 atom stereocenters. The van der Waals surface area contributed by atoms with Crippen molar-refractivity contribution in [3.05, 3.63) is 83.7 Å². The van der Waals surface area contributed by atoms with Crippen LogP contribution in [0.25, 0.3) is 11.6 Å². The molecule has 1 aromatic heterocycles. The van der Waals surface area contributed by atoms with Gasteiger partial charge in [0.05, 0.1) is 18.4 Å². The molecule has 7 heteroatoms. The third-order valence-corrected chi connectivity index (χ3v) is 5.32. The topological polar surface area (TPSA) is 89.3 Å². The lowest BCUT2D eigenvalue weighted by Gasteiger charge is -2.11. The van der Waals surface area contributed by atoms with Crippen molar-refractivity contribution in [2.24, 2.45) is 0 Å². The van der Waals surface area contributed by atoms with Crippen molar-refractivity contribution in [2.75, 3.05) is 7.11 Å². The number of hydrogen-bond acceptors (Lipinski definition) is 6. The van der Waals surface area contributed by atoms with Gasteiger partial charge in [0.1, 0.15) is 11.0 Å². The Bertz CT molecular complexity index is 1180. The Labute approximate surface area is 169 Å². The molecule has 0 N–H and O–H groups in total. The van der Waals surface area contributed by atoms with Gasteiger partial charge in [-0.1, -0.05) is 29.8 Å². The molecule has 6 nitrogen and oxygen atoms in total. The summed E-state index contributed by atoms with van der Waals surface area (Å²) < 4.78 is 35.6. The standard InChI is InChI=1S/C22H18N2O4S/c1-16-6-9-19(10-7-16)29(25,26)28-21-11-8-17(14-22(21)27-2)13-18(15-23)20-5-3-4-12-24-20/h3-14H,1-2H3/b18-13+. The molecule has 0 radical (unpaired) electrons. The Balaban J connectivity index is 1.92. The number of allylic oxidation sites excluding steroid dienone is 1. The minimum absolute atomic E-state index is 0.0519. The van der Waals surface area contributed by atoms with Crippen molar-refractivity contribution >= 4 is 21.8 Å². The highest BCUT2D eigenvalue weighted by Gasteiger charge is 2.19. The molecule has 0 spiro atoms. The molecule has 0 aliphatic carbocycles. The van der Waals surface area contributed by atoms with Gasteiger partial charge in [-0.3, -0.25) is 4.98 Å². The summed E-state index contributed by atoms with van der Waals surface area (Å²) in [7, 11) is -2.59. The monoisotopic (exact) mass is 406 g/mol. The summed E-state index contributed by atoms with van der Waals surface area (Å²) in [6.45, 7) is 1.87. The van der Waals surface area contributed by atoms with Gasteiger partial charge in [0.15, 0.2) is 11.5 Å². The molecule has 0 fully saturated rings. The van der Waals surface area contributed by atoms with Crippen molar-refractivity contribution in [1.29, 1.82) is 5.26 Å². The third-order valence-electron chi connectivity index (χ3n) is 4.07. The van der Waals surface area contributed by atoms with Crippen LogP contribution in [0.2, 0.25) is 0 Å². The molecule has 0 saturated heterocycles. The summed E-state index contributed by atoms with van der Waals surface area (Å²) in [6, 6.07) is 18.5. The molecule has 146 valence electrons. The van der Waals surface area contributed by atoms with Gasteiger partial charge in [-0.05, 0) is 55.0 Å². The smallest absolute Gasteiger partial charge is 0.339 e. The maximum atomic E-state index is 12.5. The number of benzene rings is 2. The molecule has 3 rings (SSSR count). The fourth-order valence-electron chi connectivity index (χ4n) is 2.57. The Morgan fingerprint density at radius 3 is 2.45 bits per heavy atom. The summed E-state index contributed by atoms with van der Waals surface area (Å²) in [6.07, 6.45) is 3.25. The zero-order valence-corrected chi connectivity index (χ0v) is 16.7.